The number of para-hydroxylation sites is 1. The van der Waals surface area contributed by atoms with Gasteiger partial charge in [0.1, 0.15) is 36.3 Å². The number of thioether (sulfide) groups is 1. The molecule has 38 nitrogen and oxygen atoms in total. The van der Waals surface area contributed by atoms with E-state index in [1.807, 2.05) is 38.3 Å². The number of carboxylic acid groups (broad SMARTS) is 3. The summed E-state index contributed by atoms with van der Waals surface area (Å²) in [5, 5.41) is 68.4. The molecule has 4 saturated carbocycles. The third kappa shape index (κ3) is 28.4. The fourth-order valence-electron chi connectivity index (χ4n) is 19.0. The zero-order valence-electron chi connectivity index (χ0n) is 71.4. The van der Waals surface area contributed by atoms with Gasteiger partial charge in [-0.05, 0) is 167 Å². The first-order chi connectivity index (χ1) is 57.8. The Labute approximate surface area is 715 Å². The molecule has 39 heteroatoms. The summed E-state index contributed by atoms with van der Waals surface area (Å²) in [5.74, 6) is -9.54. The van der Waals surface area contributed by atoms with Crippen LogP contribution in [-0.2, 0) is 84.8 Å². The maximum Gasteiger partial charge on any atom is 0.317 e. The van der Waals surface area contributed by atoms with Crippen LogP contribution in [0.5, 0.6) is 0 Å². The Bertz CT molecular complexity index is 4100. The Morgan fingerprint density at radius 1 is 0.574 bits per heavy atom. The number of aliphatic hydroxyl groups excluding tert-OH is 1. The molecule has 5 aliphatic rings. The lowest BCUT2D eigenvalue weighted by Crippen LogP contribution is -2.59. The van der Waals surface area contributed by atoms with Gasteiger partial charge in [-0.15, -0.1) is 0 Å². The van der Waals surface area contributed by atoms with Crippen molar-refractivity contribution in [3.63, 3.8) is 0 Å². The average molecular weight is 1730 g/mol. The molecule has 1 unspecified atom stereocenters. The van der Waals surface area contributed by atoms with Crippen molar-refractivity contribution in [1.82, 2.24) is 87.7 Å². The number of nitrogens with one attached hydrogen (secondary N) is 12. The van der Waals surface area contributed by atoms with Gasteiger partial charge in [-0.1, -0.05) is 52.8 Å². The predicted molar refractivity (Wildman–Crippen MR) is 451 cm³/mol. The number of imidazole rings is 1. The number of H-pyrrole nitrogens is 2. The van der Waals surface area contributed by atoms with Gasteiger partial charge in [-0.25, -0.2) is 4.98 Å². The fraction of sp³-hybridized carbons (Fsp3) is 0.687. The van der Waals surface area contributed by atoms with Crippen molar-refractivity contribution in [2.45, 2.75) is 206 Å². The SMILES string of the molecule is CSCC[C@H](NC(=O)[C@H](CC(C)C)NC(=O)[C@H](Cc1cnc[nH]1)NC(=O)CNC(=O)[C@H](C)NC(=O)C(C)NC(=O)[C@H](Cc1c[nH]c2ccccc12)NC(=O)[C@@H](N)CCC(=O)NC(=O)CC[C@@H](C)[C@H]1CC[C@H]2[C@@H]3CC[C@@H]4C[C@@H](NC(=O)CNC(=O)CN5CCN(CC(=O)O)CCN(CC(=O)O)CCN(CC(=O)O)CC5)CC[C@]4(C)[C@H]3C[C@H](O)[C@]12C)C(N)=O. The molecule has 8 rings (SSSR count). The molecule has 676 valence electrons. The maximum atomic E-state index is 14.2. The minimum absolute atomic E-state index is 0.0150. The van der Waals surface area contributed by atoms with Crippen LogP contribution in [-0.4, -0.2) is 302 Å². The zero-order chi connectivity index (χ0) is 89.3. The number of benzene rings is 1. The number of nitrogens with zero attached hydrogens (tertiary/aromatic N) is 5. The van der Waals surface area contributed by atoms with E-state index in [0.29, 0.717) is 35.8 Å². The van der Waals surface area contributed by atoms with Gasteiger partial charge >= 0.3 is 17.9 Å². The molecular weight excluding hydrogens is 1600 g/mol. The molecule has 122 heavy (non-hydrogen) atoms. The second kappa shape index (κ2) is 46.2. The molecule has 1 aliphatic heterocycles. The fourth-order valence-corrected chi connectivity index (χ4v) is 19.5. The number of carboxylic acids is 3. The van der Waals surface area contributed by atoms with Gasteiger partial charge in [0, 0.05) is 113 Å². The second-order valence-electron chi connectivity index (χ2n) is 34.8. The summed E-state index contributed by atoms with van der Waals surface area (Å²) in [5.41, 5.74) is 13.3. The van der Waals surface area contributed by atoms with Crippen molar-refractivity contribution in [2.75, 3.05) is 104 Å². The number of hydrogen-bond donors (Lipinski definition) is 18. The molecular formula is C83H129N19O19S. The Morgan fingerprint density at radius 2 is 1.13 bits per heavy atom. The maximum absolute atomic E-state index is 14.2. The number of fused-ring (bicyclic) bond motifs is 6. The zero-order valence-corrected chi connectivity index (χ0v) is 72.2. The van der Waals surface area contributed by atoms with Crippen molar-refractivity contribution in [2.24, 2.45) is 63.7 Å². The van der Waals surface area contributed by atoms with Crippen LogP contribution in [0.25, 0.3) is 10.9 Å². The highest BCUT2D eigenvalue weighted by molar-refractivity contribution is 7.98. The van der Waals surface area contributed by atoms with Crippen LogP contribution in [0.1, 0.15) is 150 Å². The molecule has 0 spiro atoms. The van der Waals surface area contributed by atoms with Crippen LogP contribution in [0.4, 0.5) is 0 Å². The van der Waals surface area contributed by atoms with Gasteiger partial charge in [0.05, 0.1) is 57.7 Å². The van der Waals surface area contributed by atoms with Gasteiger partial charge in [0.15, 0.2) is 0 Å². The molecule has 1 aromatic carbocycles. The Balaban J connectivity index is 0.767. The highest BCUT2D eigenvalue weighted by atomic mass is 32.2. The van der Waals surface area contributed by atoms with Gasteiger partial charge in [0.2, 0.25) is 70.9 Å². The molecule has 3 heterocycles. The number of nitrogens with two attached hydrogens (primary N) is 2. The topological polar surface area (TPSA) is 567 Å². The van der Waals surface area contributed by atoms with Gasteiger partial charge in [0.25, 0.3) is 0 Å². The number of aliphatic hydroxyl groups is 1. The number of hydrogen-bond acceptors (Lipinski definition) is 23. The minimum atomic E-state index is -1.33. The predicted octanol–water partition coefficient (Wildman–Crippen LogP) is -1.10. The molecule has 5 fully saturated rings. The van der Waals surface area contributed by atoms with Crippen molar-refractivity contribution in [1.29, 1.82) is 0 Å². The number of aliphatic carboxylic acids is 3. The molecule has 17 atom stereocenters. The van der Waals surface area contributed by atoms with E-state index in [-0.39, 0.29) is 183 Å². The highest BCUT2D eigenvalue weighted by Crippen LogP contribution is 2.68. The number of primary amides is 1. The smallest absolute Gasteiger partial charge is 0.317 e. The molecule has 4 aliphatic carbocycles. The van der Waals surface area contributed by atoms with Crippen molar-refractivity contribution < 1.29 is 92.3 Å². The minimum Gasteiger partial charge on any atom is -0.480 e. The summed E-state index contributed by atoms with van der Waals surface area (Å²) in [6.07, 6.45) is 12.7. The molecule has 12 amide bonds. The molecule has 2 aromatic heterocycles. The lowest BCUT2D eigenvalue weighted by atomic mass is 9.43. The summed E-state index contributed by atoms with van der Waals surface area (Å²) in [4.78, 5) is 214. The molecule has 3 aromatic rings. The number of aromatic nitrogens is 3. The van der Waals surface area contributed by atoms with Crippen molar-refractivity contribution in [3.8, 4) is 0 Å². The number of rotatable bonds is 42. The summed E-state index contributed by atoms with van der Waals surface area (Å²) in [6.45, 7) is 13.0. The third-order valence-corrected chi connectivity index (χ3v) is 26.4. The first-order valence-corrected chi connectivity index (χ1v) is 44.0. The van der Waals surface area contributed by atoms with Gasteiger partial charge in [-0.3, -0.25) is 96.8 Å². The largest absolute Gasteiger partial charge is 0.480 e. The van der Waals surface area contributed by atoms with E-state index in [1.54, 1.807) is 31.9 Å². The normalized spacial score (nSPS) is 24.3. The summed E-state index contributed by atoms with van der Waals surface area (Å²) in [7, 11) is 0. The molecule has 0 radical (unpaired) electrons. The molecule has 1 saturated heterocycles. The first kappa shape index (κ1) is 97.8. The van der Waals surface area contributed by atoms with Crippen molar-refractivity contribution in [3.05, 3.63) is 54.2 Å². The van der Waals surface area contributed by atoms with Crippen molar-refractivity contribution >= 4 is 111 Å². The Morgan fingerprint density at radius 3 is 1.73 bits per heavy atom. The summed E-state index contributed by atoms with van der Waals surface area (Å²) in [6, 6.07) is -1.49. The van der Waals surface area contributed by atoms with Crippen LogP contribution in [0.3, 0.4) is 0 Å². The third-order valence-electron chi connectivity index (χ3n) is 25.7. The number of imide groups is 1. The van der Waals surface area contributed by atoms with E-state index in [9.17, 15) is 92.3 Å². The van der Waals surface area contributed by atoms with E-state index in [0.717, 1.165) is 55.8 Å². The summed E-state index contributed by atoms with van der Waals surface area (Å²) < 4.78 is 0. The quantitative estimate of drug-likeness (QED) is 0.0320. The van der Waals surface area contributed by atoms with E-state index < -0.39 is 143 Å². The van der Waals surface area contributed by atoms with E-state index >= 15 is 0 Å². The van der Waals surface area contributed by atoms with E-state index in [1.165, 1.54) is 38.1 Å². The first-order valence-electron chi connectivity index (χ1n) is 42.6. The van der Waals surface area contributed by atoms with Crippen LogP contribution in [0.15, 0.2) is 43.0 Å². The van der Waals surface area contributed by atoms with Crippen LogP contribution in [0, 0.1) is 52.3 Å². The standard InChI is InChI=1S/C83H129N19O19S/c1-47(2)33-63(80(120)95-62(75(85)115)22-32-122-8)97-81(121)65(36-54-39-86-46-90-54)94-70(107)41-89-76(116)49(4)91-77(117)50(5)92-79(119)64(34-51-38-87-61-12-10-9-11-55(51)61)96-78(118)60(84)18-20-68(105)98-67(104)19-13-48(3)57-16-17-58-56-15-14-52-35-53(21-23-82(52,6)59(56)37-66(103)83(57,58)7)93-69(106)40-88-71(108)42-99-24-26-100(43-72(109)110)28-30-102(45-74(113)114)31-29-101(27-25-99)44-73(111)112/h9-12,38-39,46-50,52-53,56-60,62-66,87,103H,13-37,40-45,84H2,1-8H3,(H2,85,115)(H,86,90)(H,88,108)(H,89,116)(H,91,117)(H,92,119)(H,93,106)(H,94,107)(H,95,120)(H,96,118)(H,97,121)(H,109,110)(H,111,112)(H,113,114)(H,98,104,105)/t48-,49+,50?,52-,53+,56+,57-,58+,59+,60+,62+,63+,64+,65+,66+,82+,83-/m1/s1. The van der Waals surface area contributed by atoms with E-state index in [2.05, 4.69) is 88.9 Å². The van der Waals surface area contributed by atoms with Crippen LogP contribution in [0.2, 0.25) is 0 Å². The van der Waals surface area contributed by atoms with Gasteiger partial charge < -0.3 is 89.7 Å². The number of amides is 12. The summed E-state index contributed by atoms with van der Waals surface area (Å²) >= 11 is 1.46. The van der Waals surface area contributed by atoms with E-state index in [4.69, 9.17) is 11.5 Å². The highest BCUT2D eigenvalue weighted by Gasteiger charge is 2.64. The second-order valence-corrected chi connectivity index (χ2v) is 35.8. The number of carbonyl (C=O) groups excluding carboxylic acids is 12. The lowest BCUT2D eigenvalue weighted by Gasteiger charge is -2.62. The van der Waals surface area contributed by atoms with Crippen LogP contribution >= 0.6 is 11.8 Å². The lowest BCUT2D eigenvalue weighted by molar-refractivity contribution is -0.170. The van der Waals surface area contributed by atoms with Gasteiger partial charge in [-0.2, -0.15) is 11.8 Å². The Hall–Kier alpha value is -9.67. The number of carbonyl (C=O) groups is 15. The average Bonchev–Trinajstić information content (AvgIpc) is 1.43. The molecule has 20 N–H and O–H groups in total. The number of aromatic amines is 2. The molecule has 0 bridgehead atoms. The monoisotopic (exact) mass is 1730 g/mol. The van der Waals surface area contributed by atoms with Crippen LogP contribution < -0.4 is 64.6 Å². The Kier molecular flexibility index (Phi) is 37.0.